The SMILES string of the molecule is O[C@H](CNC[C@@H]1CCCO1)COc1ccc(-c2ccccc2)cc1. The summed E-state index contributed by atoms with van der Waals surface area (Å²) in [6.45, 7) is 2.45. The lowest BCUT2D eigenvalue weighted by Crippen LogP contribution is -2.35. The van der Waals surface area contributed by atoms with E-state index in [1.165, 1.54) is 5.56 Å². The highest BCUT2D eigenvalue weighted by atomic mass is 16.5. The molecular weight excluding hydrogens is 302 g/mol. The fourth-order valence-electron chi connectivity index (χ4n) is 2.84. The molecule has 3 rings (SSSR count). The van der Waals surface area contributed by atoms with Crippen molar-refractivity contribution in [2.75, 3.05) is 26.3 Å². The van der Waals surface area contributed by atoms with E-state index in [0.29, 0.717) is 12.6 Å². The van der Waals surface area contributed by atoms with E-state index < -0.39 is 6.10 Å². The van der Waals surface area contributed by atoms with Gasteiger partial charge in [-0.3, -0.25) is 0 Å². The zero-order valence-electron chi connectivity index (χ0n) is 13.9. The van der Waals surface area contributed by atoms with E-state index in [4.69, 9.17) is 9.47 Å². The highest BCUT2D eigenvalue weighted by molar-refractivity contribution is 5.63. The molecule has 2 aromatic rings. The lowest BCUT2D eigenvalue weighted by molar-refractivity contribution is 0.0882. The van der Waals surface area contributed by atoms with E-state index in [-0.39, 0.29) is 6.61 Å². The van der Waals surface area contributed by atoms with Crippen LogP contribution in [0.15, 0.2) is 54.6 Å². The fourth-order valence-corrected chi connectivity index (χ4v) is 2.84. The number of aliphatic hydroxyl groups excluding tert-OH is 1. The Bertz CT molecular complexity index is 594. The summed E-state index contributed by atoms with van der Waals surface area (Å²) in [7, 11) is 0. The van der Waals surface area contributed by atoms with Crippen molar-refractivity contribution in [3.8, 4) is 16.9 Å². The van der Waals surface area contributed by atoms with Crippen LogP contribution in [-0.4, -0.2) is 43.6 Å². The lowest BCUT2D eigenvalue weighted by atomic mass is 10.1. The topological polar surface area (TPSA) is 50.7 Å². The van der Waals surface area contributed by atoms with E-state index in [1.807, 2.05) is 42.5 Å². The molecule has 2 atom stereocenters. The van der Waals surface area contributed by atoms with Crippen LogP contribution in [0, 0.1) is 0 Å². The Hall–Kier alpha value is -1.88. The summed E-state index contributed by atoms with van der Waals surface area (Å²) in [5, 5.41) is 13.2. The number of ether oxygens (including phenoxy) is 2. The maximum Gasteiger partial charge on any atom is 0.119 e. The summed E-state index contributed by atoms with van der Waals surface area (Å²) < 4.78 is 11.2. The van der Waals surface area contributed by atoms with Gasteiger partial charge in [-0.15, -0.1) is 0 Å². The van der Waals surface area contributed by atoms with Crippen molar-refractivity contribution in [2.24, 2.45) is 0 Å². The summed E-state index contributed by atoms with van der Waals surface area (Å²) in [6.07, 6.45) is 2.01. The normalized spacial score (nSPS) is 18.5. The third-order valence-electron chi connectivity index (χ3n) is 4.18. The van der Waals surface area contributed by atoms with Crippen LogP contribution >= 0.6 is 0 Å². The van der Waals surface area contributed by atoms with Gasteiger partial charge in [0.15, 0.2) is 0 Å². The van der Waals surface area contributed by atoms with Gasteiger partial charge >= 0.3 is 0 Å². The van der Waals surface area contributed by atoms with Crippen molar-refractivity contribution in [2.45, 2.75) is 25.0 Å². The molecule has 0 amide bonds. The lowest BCUT2D eigenvalue weighted by Gasteiger charge is -2.15. The highest BCUT2D eigenvalue weighted by Crippen LogP contribution is 2.22. The molecule has 128 valence electrons. The van der Waals surface area contributed by atoms with Gasteiger partial charge in [-0.2, -0.15) is 0 Å². The number of aliphatic hydroxyl groups is 1. The van der Waals surface area contributed by atoms with Gasteiger partial charge in [-0.25, -0.2) is 0 Å². The van der Waals surface area contributed by atoms with Gasteiger partial charge in [-0.1, -0.05) is 42.5 Å². The summed E-state index contributed by atoms with van der Waals surface area (Å²) in [4.78, 5) is 0. The summed E-state index contributed by atoms with van der Waals surface area (Å²) in [5.74, 6) is 0.771. The number of nitrogens with one attached hydrogen (secondary N) is 1. The molecule has 0 saturated carbocycles. The first-order valence-electron chi connectivity index (χ1n) is 8.60. The number of benzene rings is 2. The standard InChI is InChI=1S/C20H25NO3/c22-18(13-21-14-20-7-4-12-23-20)15-24-19-10-8-17(9-11-19)16-5-2-1-3-6-16/h1-3,5-6,8-11,18,20-22H,4,7,12-15H2/t18-,20+/m1/s1. The van der Waals surface area contributed by atoms with Crippen LogP contribution in [0.25, 0.3) is 11.1 Å². The zero-order valence-corrected chi connectivity index (χ0v) is 13.9. The molecular formula is C20H25NO3. The van der Waals surface area contributed by atoms with Gasteiger partial charge in [0.2, 0.25) is 0 Å². The quantitative estimate of drug-likeness (QED) is 0.783. The summed E-state index contributed by atoms with van der Waals surface area (Å²) in [5.41, 5.74) is 2.34. The summed E-state index contributed by atoms with van der Waals surface area (Å²) in [6, 6.07) is 18.2. The van der Waals surface area contributed by atoms with E-state index in [0.717, 1.165) is 37.3 Å². The van der Waals surface area contributed by atoms with Crippen molar-refractivity contribution < 1.29 is 14.6 Å². The Morgan fingerprint density at radius 1 is 1.08 bits per heavy atom. The molecule has 1 heterocycles. The van der Waals surface area contributed by atoms with Crippen LogP contribution in [0.2, 0.25) is 0 Å². The van der Waals surface area contributed by atoms with Crippen LogP contribution < -0.4 is 10.1 Å². The molecule has 2 N–H and O–H groups in total. The summed E-state index contributed by atoms with van der Waals surface area (Å²) >= 11 is 0. The van der Waals surface area contributed by atoms with Crippen LogP contribution in [-0.2, 0) is 4.74 Å². The predicted molar refractivity (Wildman–Crippen MR) is 95.2 cm³/mol. The third kappa shape index (κ3) is 5.06. The molecule has 24 heavy (non-hydrogen) atoms. The van der Waals surface area contributed by atoms with Gasteiger partial charge < -0.3 is 19.9 Å². The average Bonchev–Trinajstić information content (AvgIpc) is 3.15. The third-order valence-corrected chi connectivity index (χ3v) is 4.18. The zero-order chi connectivity index (χ0) is 16.6. The van der Waals surface area contributed by atoms with Crippen LogP contribution in [0.3, 0.4) is 0 Å². The van der Waals surface area contributed by atoms with Crippen LogP contribution in [0.5, 0.6) is 5.75 Å². The molecule has 4 nitrogen and oxygen atoms in total. The van der Waals surface area contributed by atoms with Gasteiger partial charge in [-0.05, 0) is 36.1 Å². The second-order valence-electron chi connectivity index (χ2n) is 6.15. The first kappa shape index (κ1) is 17.0. The fraction of sp³-hybridized carbons (Fsp3) is 0.400. The minimum atomic E-state index is -0.528. The minimum absolute atomic E-state index is 0.281. The van der Waals surface area contributed by atoms with Gasteiger partial charge in [0.1, 0.15) is 18.5 Å². The molecule has 1 aliphatic rings. The first-order chi connectivity index (χ1) is 11.8. The second-order valence-corrected chi connectivity index (χ2v) is 6.15. The van der Waals surface area contributed by atoms with Crippen LogP contribution in [0.4, 0.5) is 0 Å². The highest BCUT2D eigenvalue weighted by Gasteiger charge is 2.15. The van der Waals surface area contributed by atoms with Crippen LogP contribution in [0.1, 0.15) is 12.8 Å². The second kappa shape index (κ2) is 8.83. The Balaban J connectivity index is 1.39. The smallest absolute Gasteiger partial charge is 0.119 e. The molecule has 1 saturated heterocycles. The van der Waals surface area contributed by atoms with E-state index >= 15 is 0 Å². The van der Waals surface area contributed by atoms with Crippen molar-refractivity contribution >= 4 is 0 Å². The Morgan fingerprint density at radius 2 is 1.83 bits per heavy atom. The molecule has 0 aliphatic carbocycles. The molecule has 2 aromatic carbocycles. The molecule has 0 unspecified atom stereocenters. The molecule has 1 fully saturated rings. The molecule has 0 radical (unpaired) electrons. The Labute approximate surface area is 143 Å². The number of hydrogen-bond donors (Lipinski definition) is 2. The van der Waals surface area contributed by atoms with Gasteiger partial charge in [0.25, 0.3) is 0 Å². The monoisotopic (exact) mass is 327 g/mol. The molecule has 0 spiro atoms. The largest absolute Gasteiger partial charge is 0.491 e. The van der Waals surface area contributed by atoms with Gasteiger partial charge in [0, 0.05) is 19.7 Å². The molecule has 1 aliphatic heterocycles. The number of hydrogen-bond acceptors (Lipinski definition) is 4. The predicted octanol–water partition coefficient (Wildman–Crippen LogP) is 2.86. The Kier molecular flexibility index (Phi) is 6.24. The van der Waals surface area contributed by atoms with Gasteiger partial charge in [0.05, 0.1) is 6.10 Å². The number of rotatable bonds is 8. The van der Waals surface area contributed by atoms with Crippen molar-refractivity contribution in [1.82, 2.24) is 5.32 Å². The Morgan fingerprint density at radius 3 is 2.54 bits per heavy atom. The molecule has 4 heteroatoms. The van der Waals surface area contributed by atoms with E-state index in [1.54, 1.807) is 0 Å². The van der Waals surface area contributed by atoms with Crippen molar-refractivity contribution in [1.29, 1.82) is 0 Å². The maximum absolute atomic E-state index is 9.99. The maximum atomic E-state index is 9.99. The van der Waals surface area contributed by atoms with Crippen molar-refractivity contribution in [3.05, 3.63) is 54.6 Å². The van der Waals surface area contributed by atoms with E-state index in [2.05, 4.69) is 17.4 Å². The molecule has 0 aromatic heterocycles. The minimum Gasteiger partial charge on any atom is -0.491 e. The van der Waals surface area contributed by atoms with E-state index in [9.17, 15) is 5.11 Å². The first-order valence-corrected chi connectivity index (χ1v) is 8.60. The average molecular weight is 327 g/mol. The molecule has 0 bridgehead atoms. The van der Waals surface area contributed by atoms with Crippen molar-refractivity contribution in [3.63, 3.8) is 0 Å².